The average molecular weight is 411 g/mol. The summed E-state index contributed by atoms with van der Waals surface area (Å²) in [5.41, 5.74) is 1.68. The van der Waals surface area contributed by atoms with Gasteiger partial charge in [0.2, 0.25) is 5.75 Å². The van der Waals surface area contributed by atoms with E-state index in [1.54, 1.807) is 6.07 Å². The minimum absolute atomic E-state index is 0.113. The lowest BCUT2D eigenvalue weighted by Crippen LogP contribution is -2.57. The lowest BCUT2D eigenvalue weighted by molar-refractivity contribution is -0.0968. The fourth-order valence-electron chi connectivity index (χ4n) is 6.74. The molecule has 5 rings (SSSR count). The largest absolute Gasteiger partial charge is 0.504 e. The fraction of sp³-hybridized carbons (Fsp3) is 0.520. The average Bonchev–Trinajstić information content (AvgIpc) is 2.76. The van der Waals surface area contributed by atoms with Gasteiger partial charge >= 0.3 is 0 Å². The maximum absolute atomic E-state index is 10.8. The van der Waals surface area contributed by atoms with Gasteiger partial charge in [0.05, 0.1) is 0 Å². The Balaban J connectivity index is 1.80. The predicted molar refractivity (Wildman–Crippen MR) is 113 cm³/mol. The molecule has 0 aromatic heterocycles. The van der Waals surface area contributed by atoms with Crippen LogP contribution in [0, 0.1) is 12.8 Å². The van der Waals surface area contributed by atoms with E-state index in [0.717, 1.165) is 62.5 Å². The Morgan fingerprint density at radius 3 is 2.13 bits per heavy atom. The molecule has 1 heterocycles. The van der Waals surface area contributed by atoms with Crippen LogP contribution in [0.4, 0.5) is 0 Å². The summed E-state index contributed by atoms with van der Waals surface area (Å²) >= 11 is 0. The molecule has 1 aliphatic heterocycles. The number of hydrogen-bond donors (Lipinski definition) is 4. The number of fused-ring (bicyclic) bond motifs is 4. The van der Waals surface area contributed by atoms with E-state index in [4.69, 9.17) is 4.74 Å². The van der Waals surface area contributed by atoms with Crippen molar-refractivity contribution in [1.82, 2.24) is 0 Å². The Labute approximate surface area is 177 Å². The van der Waals surface area contributed by atoms with Gasteiger partial charge in [-0.15, -0.1) is 0 Å². The highest BCUT2D eigenvalue weighted by atomic mass is 16.5. The van der Waals surface area contributed by atoms with Gasteiger partial charge in [-0.25, -0.2) is 0 Å². The quantitative estimate of drug-likeness (QED) is 0.466. The Bertz CT molecular complexity index is 992. The Hall–Kier alpha value is -2.56. The van der Waals surface area contributed by atoms with Gasteiger partial charge in [-0.2, -0.15) is 0 Å². The lowest BCUT2D eigenvalue weighted by Gasteiger charge is -2.59. The third-order valence-electron chi connectivity index (χ3n) is 8.06. The van der Waals surface area contributed by atoms with Gasteiger partial charge in [0.15, 0.2) is 23.0 Å². The first kappa shape index (κ1) is 19.4. The molecular weight excluding hydrogens is 380 g/mol. The summed E-state index contributed by atoms with van der Waals surface area (Å²) in [6, 6.07) is 6.92. The molecule has 2 fully saturated rings. The molecular formula is C25H30O5. The SMILES string of the molecule is Cc1c(C23CCCCC2C2(CCCCC2)c2ccc(O)c(O)c2O3)ccc(O)c1O. The van der Waals surface area contributed by atoms with Crippen LogP contribution in [0.2, 0.25) is 0 Å². The van der Waals surface area contributed by atoms with Crippen molar-refractivity contribution in [3.05, 3.63) is 41.0 Å². The zero-order valence-electron chi connectivity index (χ0n) is 17.4. The molecule has 5 heteroatoms. The van der Waals surface area contributed by atoms with Crippen molar-refractivity contribution < 1.29 is 25.2 Å². The number of hydrogen-bond acceptors (Lipinski definition) is 5. The molecule has 0 bridgehead atoms. The number of aromatic hydroxyl groups is 4. The molecule has 160 valence electrons. The van der Waals surface area contributed by atoms with Crippen molar-refractivity contribution in [2.24, 2.45) is 5.92 Å². The molecule has 2 aromatic carbocycles. The molecule has 2 unspecified atom stereocenters. The zero-order chi connectivity index (χ0) is 21.1. The number of phenols is 4. The van der Waals surface area contributed by atoms with Crippen LogP contribution < -0.4 is 4.74 Å². The number of phenolic OH excluding ortho intramolecular Hbond substituents is 4. The minimum atomic E-state index is -0.705. The van der Waals surface area contributed by atoms with Crippen molar-refractivity contribution >= 4 is 0 Å². The molecule has 0 amide bonds. The molecule has 2 saturated carbocycles. The van der Waals surface area contributed by atoms with E-state index >= 15 is 0 Å². The molecule has 4 N–H and O–H groups in total. The van der Waals surface area contributed by atoms with E-state index in [2.05, 4.69) is 0 Å². The molecule has 2 aromatic rings. The molecule has 30 heavy (non-hydrogen) atoms. The van der Waals surface area contributed by atoms with Crippen molar-refractivity contribution in [2.45, 2.75) is 75.7 Å². The third-order valence-corrected chi connectivity index (χ3v) is 8.06. The van der Waals surface area contributed by atoms with E-state index in [1.165, 1.54) is 12.5 Å². The molecule has 2 aliphatic carbocycles. The second-order valence-corrected chi connectivity index (χ2v) is 9.42. The van der Waals surface area contributed by atoms with E-state index in [0.29, 0.717) is 11.3 Å². The third kappa shape index (κ3) is 2.47. The van der Waals surface area contributed by atoms with Crippen LogP contribution in [0.1, 0.15) is 74.5 Å². The van der Waals surface area contributed by atoms with Crippen LogP contribution in [-0.2, 0) is 11.0 Å². The summed E-state index contributed by atoms with van der Waals surface area (Å²) in [5.74, 6) is -0.0152. The maximum atomic E-state index is 10.8. The van der Waals surface area contributed by atoms with E-state index in [1.807, 2.05) is 19.1 Å². The van der Waals surface area contributed by atoms with E-state index in [-0.39, 0.29) is 34.3 Å². The monoisotopic (exact) mass is 410 g/mol. The van der Waals surface area contributed by atoms with Crippen molar-refractivity contribution in [3.63, 3.8) is 0 Å². The van der Waals surface area contributed by atoms with Gasteiger partial charge in [0.25, 0.3) is 0 Å². The first-order valence-corrected chi connectivity index (χ1v) is 11.2. The van der Waals surface area contributed by atoms with Crippen molar-refractivity contribution in [2.75, 3.05) is 0 Å². The second-order valence-electron chi connectivity index (χ2n) is 9.42. The van der Waals surface area contributed by atoms with Crippen molar-refractivity contribution in [3.8, 4) is 28.7 Å². The summed E-state index contributed by atoms with van der Waals surface area (Å²) in [6.07, 6.45) is 9.44. The number of ether oxygens (including phenoxy) is 1. The van der Waals surface area contributed by atoms with Crippen LogP contribution in [0.5, 0.6) is 28.7 Å². The molecule has 3 aliphatic rings. The smallest absolute Gasteiger partial charge is 0.200 e. The van der Waals surface area contributed by atoms with Crippen LogP contribution in [0.25, 0.3) is 0 Å². The van der Waals surface area contributed by atoms with Gasteiger partial charge in [0, 0.05) is 28.0 Å². The second kappa shape index (κ2) is 6.73. The highest BCUT2D eigenvalue weighted by Crippen LogP contribution is 2.65. The maximum Gasteiger partial charge on any atom is 0.200 e. The summed E-state index contributed by atoms with van der Waals surface area (Å²) < 4.78 is 6.72. The Morgan fingerprint density at radius 2 is 1.40 bits per heavy atom. The van der Waals surface area contributed by atoms with Crippen molar-refractivity contribution in [1.29, 1.82) is 0 Å². The van der Waals surface area contributed by atoms with Crippen LogP contribution in [-0.4, -0.2) is 20.4 Å². The van der Waals surface area contributed by atoms with E-state index < -0.39 is 5.60 Å². The summed E-state index contributed by atoms with van der Waals surface area (Å²) in [7, 11) is 0. The highest BCUT2D eigenvalue weighted by molar-refractivity contribution is 5.60. The van der Waals surface area contributed by atoms with Gasteiger partial charge < -0.3 is 25.2 Å². The van der Waals surface area contributed by atoms with Crippen LogP contribution in [0.3, 0.4) is 0 Å². The van der Waals surface area contributed by atoms with Crippen LogP contribution >= 0.6 is 0 Å². The zero-order valence-corrected chi connectivity index (χ0v) is 17.4. The minimum Gasteiger partial charge on any atom is -0.504 e. The molecule has 5 nitrogen and oxygen atoms in total. The van der Waals surface area contributed by atoms with Gasteiger partial charge in [-0.05, 0) is 51.2 Å². The first-order chi connectivity index (χ1) is 14.4. The number of rotatable bonds is 1. The number of benzene rings is 2. The standard InChI is InChI=1S/C25H30O5/c1-15-16(8-10-18(26)21(15)28)25-14-6-3-7-20(25)24(12-4-2-5-13-24)17-9-11-19(27)22(29)23(17)30-25/h8-11,20,26-29H,2-7,12-14H2,1H3. The lowest BCUT2D eigenvalue weighted by atomic mass is 9.51. The Morgan fingerprint density at radius 1 is 0.767 bits per heavy atom. The summed E-state index contributed by atoms with van der Waals surface area (Å²) in [6.45, 7) is 1.82. The molecule has 0 radical (unpaired) electrons. The Kier molecular flexibility index (Phi) is 4.35. The normalized spacial score (nSPS) is 27.2. The molecule has 1 spiro atoms. The summed E-state index contributed by atoms with van der Waals surface area (Å²) in [4.78, 5) is 0. The highest BCUT2D eigenvalue weighted by Gasteiger charge is 2.60. The topological polar surface area (TPSA) is 90.2 Å². The molecule has 0 saturated heterocycles. The van der Waals surface area contributed by atoms with Crippen LogP contribution in [0.15, 0.2) is 24.3 Å². The fourth-order valence-corrected chi connectivity index (χ4v) is 6.74. The van der Waals surface area contributed by atoms with Gasteiger partial charge in [-0.1, -0.05) is 37.8 Å². The molecule has 2 atom stereocenters. The van der Waals surface area contributed by atoms with Gasteiger partial charge in [0.1, 0.15) is 5.60 Å². The first-order valence-electron chi connectivity index (χ1n) is 11.2. The van der Waals surface area contributed by atoms with Gasteiger partial charge in [-0.3, -0.25) is 0 Å². The van der Waals surface area contributed by atoms with E-state index in [9.17, 15) is 20.4 Å². The predicted octanol–water partition coefficient (Wildman–Crippen LogP) is 5.50. The summed E-state index contributed by atoms with van der Waals surface area (Å²) in [5, 5.41) is 41.6.